The lowest BCUT2D eigenvalue weighted by molar-refractivity contribution is -0.385. The zero-order valence-corrected chi connectivity index (χ0v) is 8.37. The molecule has 0 saturated carbocycles. The van der Waals surface area contributed by atoms with Gasteiger partial charge in [-0.1, -0.05) is 0 Å². The number of tetrazole rings is 1. The van der Waals surface area contributed by atoms with Crippen molar-refractivity contribution in [3.05, 3.63) is 34.3 Å². The van der Waals surface area contributed by atoms with Gasteiger partial charge >= 0.3 is 6.18 Å². The van der Waals surface area contributed by atoms with Crippen LogP contribution in [0.4, 0.5) is 18.9 Å². The maximum Gasteiger partial charge on any atom is 0.420 e. The van der Waals surface area contributed by atoms with Gasteiger partial charge in [-0.3, -0.25) is 10.1 Å². The van der Waals surface area contributed by atoms with E-state index in [2.05, 4.69) is 20.4 Å². The van der Waals surface area contributed by atoms with Crippen LogP contribution in [0.5, 0.6) is 0 Å². The van der Waals surface area contributed by atoms with Gasteiger partial charge in [-0.05, 0) is 5.21 Å². The summed E-state index contributed by atoms with van der Waals surface area (Å²) in [5, 5.41) is 20.3. The molecule has 0 aliphatic heterocycles. The second kappa shape index (κ2) is 4.01. The third-order valence-corrected chi connectivity index (χ3v) is 1.91. The molecular formula is C7H3F3N6O2. The number of pyridine rings is 1. The lowest BCUT2D eigenvalue weighted by Crippen LogP contribution is -2.15. The van der Waals surface area contributed by atoms with Crippen molar-refractivity contribution in [2.75, 3.05) is 0 Å². The highest BCUT2D eigenvalue weighted by molar-refractivity contribution is 5.42. The van der Waals surface area contributed by atoms with Crippen molar-refractivity contribution in [3.63, 3.8) is 0 Å². The first-order chi connectivity index (χ1) is 8.39. The Morgan fingerprint density at radius 1 is 1.39 bits per heavy atom. The average molecular weight is 260 g/mol. The van der Waals surface area contributed by atoms with Crippen molar-refractivity contribution in [3.8, 4) is 5.82 Å². The summed E-state index contributed by atoms with van der Waals surface area (Å²) in [7, 11) is 0. The molecule has 0 amide bonds. The maximum atomic E-state index is 12.7. The molecule has 11 heteroatoms. The van der Waals surface area contributed by atoms with Crippen LogP contribution in [0.1, 0.15) is 5.56 Å². The molecule has 2 aromatic rings. The first-order valence-electron chi connectivity index (χ1n) is 4.34. The number of nitro groups is 1. The third kappa shape index (κ3) is 2.09. The number of hydrogen-bond acceptors (Lipinski definition) is 6. The molecule has 94 valence electrons. The molecule has 2 rings (SSSR count). The molecule has 0 atom stereocenters. The Hall–Kier alpha value is -2.59. The zero-order chi connectivity index (χ0) is 13.3. The third-order valence-electron chi connectivity index (χ3n) is 1.91. The fourth-order valence-electron chi connectivity index (χ4n) is 1.18. The number of halogens is 3. The predicted molar refractivity (Wildman–Crippen MR) is 48.6 cm³/mol. The fourth-order valence-corrected chi connectivity index (χ4v) is 1.18. The molecule has 0 bridgehead atoms. The minimum atomic E-state index is -4.82. The molecule has 0 aliphatic rings. The monoisotopic (exact) mass is 260 g/mol. The van der Waals surface area contributed by atoms with E-state index in [1.165, 1.54) is 0 Å². The molecule has 0 N–H and O–H groups in total. The summed E-state index contributed by atoms with van der Waals surface area (Å²) in [6.07, 6.45) is -3.21. The topological polar surface area (TPSA) is 99.6 Å². The van der Waals surface area contributed by atoms with Crippen molar-refractivity contribution in [2.24, 2.45) is 0 Å². The van der Waals surface area contributed by atoms with E-state index in [9.17, 15) is 23.3 Å². The molecule has 2 aromatic heterocycles. The maximum absolute atomic E-state index is 12.7. The van der Waals surface area contributed by atoms with Gasteiger partial charge in [0, 0.05) is 6.07 Å². The normalized spacial score (nSPS) is 11.5. The van der Waals surface area contributed by atoms with Crippen LogP contribution in [0, 0.1) is 10.1 Å². The summed E-state index contributed by atoms with van der Waals surface area (Å²) in [5.74, 6) is -0.675. The van der Waals surface area contributed by atoms with Crippen LogP contribution < -0.4 is 0 Å². The molecule has 0 aromatic carbocycles. The Morgan fingerprint density at radius 2 is 2.11 bits per heavy atom. The molecule has 0 aliphatic carbocycles. The smallest absolute Gasteiger partial charge is 0.258 e. The van der Waals surface area contributed by atoms with Crippen LogP contribution in [-0.2, 0) is 6.18 Å². The summed E-state index contributed by atoms with van der Waals surface area (Å²) < 4.78 is 38.2. The molecule has 18 heavy (non-hydrogen) atoms. The molecule has 2 heterocycles. The zero-order valence-electron chi connectivity index (χ0n) is 8.37. The van der Waals surface area contributed by atoms with Gasteiger partial charge in [-0.15, -0.1) is 15.0 Å². The second-order valence-electron chi connectivity index (χ2n) is 3.04. The summed E-state index contributed by atoms with van der Waals surface area (Å²) in [6, 6.07) is 0.367. The van der Waals surface area contributed by atoms with Gasteiger partial charge in [-0.2, -0.15) is 13.2 Å². The van der Waals surface area contributed by atoms with Gasteiger partial charge in [-0.25, -0.2) is 4.98 Å². The van der Waals surface area contributed by atoms with Crippen LogP contribution in [0.15, 0.2) is 18.6 Å². The van der Waals surface area contributed by atoms with Gasteiger partial charge in [0.15, 0.2) is 12.1 Å². The highest BCUT2D eigenvalue weighted by Crippen LogP contribution is 2.34. The molecule has 0 saturated heterocycles. The summed E-state index contributed by atoms with van der Waals surface area (Å²) >= 11 is 0. The van der Waals surface area contributed by atoms with Gasteiger partial charge in [0.2, 0.25) is 0 Å². The van der Waals surface area contributed by atoms with E-state index in [1.54, 1.807) is 0 Å². The summed E-state index contributed by atoms with van der Waals surface area (Å²) in [4.78, 5) is 13.3. The molecule has 8 nitrogen and oxygen atoms in total. The molecule has 0 fully saturated rings. The Balaban J connectivity index is 2.64. The van der Waals surface area contributed by atoms with Gasteiger partial charge in [0.25, 0.3) is 5.69 Å². The van der Waals surface area contributed by atoms with Crippen LogP contribution >= 0.6 is 0 Å². The van der Waals surface area contributed by atoms with Crippen molar-refractivity contribution in [2.45, 2.75) is 6.18 Å². The largest absolute Gasteiger partial charge is 0.420 e. The highest BCUT2D eigenvalue weighted by Gasteiger charge is 2.37. The van der Waals surface area contributed by atoms with Crippen LogP contribution in [0.2, 0.25) is 0 Å². The van der Waals surface area contributed by atoms with Crippen molar-refractivity contribution < 1.29 is 18.1 Å². The van der Waals surface area contributed by atoms with Crippen LogP contribution in [0.25, 0.3) is 5.82 Å². The molecule has 0 unspecified atom stereocenters. The fraction of sp³-hybridized carbons (Fsp3) is 0.143. The van der Waals surface area contributed by atoms with E-state index in [0.717, 1.165) is 6.33 Å². The SMILES string of the molecule is O=[N+]([O-])c1cnc(-n2ncnn2)c(C(F)(F)F)c1. The number of aromatic nitrogens is 5. The summed E-state index contributed by atoms with van der Waals surface area (Å²) in [5.41, 5.74) is -2.08. The van der Waals surface area contributed by atoms with Gasteiger partial charge in [0.1, 0.15) is 11.8 Å². The average Bonchev–Trinajstić information content (AvgIpc) is 2.80. The minimum Gasteiger partial charge on any atom is -0.258 e. The minimum absolute atomic E-state index is 0.367. The van der Waals surface area contributed by atoms with E-state index >= 15 is 0 Å². The van der Waals surface area contributed by atoms with Crippen molar-refractivity contribution in [1.29, 1.82) is 0 Å². The van der Waals surface area contributed by atoms with E-state index < -0.39 is 28.2 Å². The van der Waals surface area contributed by atoms with Crippen molar-refractivity contribution >= 4 is 5.69 Å². The second-order valence-corrected chi connectivity index (χ2v) is 3.04. The molecule has 0 spiro atoms. The number of rotatable bonds is 2. The van der Waals surface area contributed by atoms with E-state index in [4.69, 9.17) is 0 Å². The lowest BCUT2D eigenvalue weighted by atomic mass is 10.2. The summed E-state index contributed by atoms with van der Waals surface area (Å²) in [6.45, 7) is 0. The predicted octanol–water partition coefficient (Wildman–Crippen LogP) is 0.984. The Labute approximate surface area is 96.2 Å². The van der Waals surface area contributed by atoms with E-state index in [0.29, 0.717) is 17.1 Å². The quantitative estimate of drug-likeness (QED) is 0.589. The van der Waals surface area contributed by atoms with Gasteiger partial charge in [0.05, 0.1) is 4.92 Å². The van der Waals surface area contributed by atoms with Crippen LogP contribution in [0.3, 0.4) is 0 Å². The first-order valence-corrected chi connectivity index (χ1v) is 4.34. The first kappa shape index (κ1) is 11.9. The lowest BCUT2D eigenvalue weighted by Gasteiger charge is -2.09. The molecule has 0 radical (unpaired) electrons. The Kier molecular flexibility index (Phi) is 2.65. The highest BCUT2D eigenvalue weighted by atomic mass is 19.4. The van der Waals surface area contributed by atoms with E-state index in [-0.39, 0.29) is 0 Å². The Bertz CT molecular complexity index is 581. The number of nitrogens with zero attached hydrogens (tertiary/aromatic N) is 6. The van der Waals surface area contributed by atoms with E-state index in [1.807, 2.05) is 0 Å². The molecular weight excluding hydrogens is 257 g/mol. The van der Waals surface area contributed by atoms with Crippen molar-refractivity contribution in [1.82, 2.24) is 25.2 Å². The number of alkyl halides is 3. The number of hydrogen-bond donors (Lipinski definition) is 0. The Morgan fingerprint density at radius 3 is 2.61 bits per heavy atom. The van der Waals surface area contributed by atoms with Gasteiger partial charge < -0.3 is 0 Å². The van der Waals surface area contributed by atoms with Crippen LogP contribution in [-0.4, -0.2) is 30.1 Å². The standard InChI is InChI=1S/C7H3F3N6O2/c8-7(9,10)5-1-4(16(17)18)2-11-6(5)15-13-3-12-14-15/h1-3H.